The minimum absolute atomic E-state index is 0.0419. The lowest BCUT2D eigenvalue weighted by Gasteiger charge is -2.14. The second kappa shape index (κ2) is 11.9. The minimum atomic E-state index is -1.22. The smallest absolute Gasteiger partial charge is 0.326 e. The molecule has 1 atom stereocenters. The Hall–Kier alpha value is -1.87. The zero-order valence-electron chi connectivity index (χ0n) is 12.2. The van der Waals surface area contributed by atoms with Crippen LogP contribution in [0.1, 0.15) is 12.8 Å². The fraction of sp³-hybridized carbons (Fsp3) is 0.750. The van der Waals surface area contributed by atoms with Gasteiger partial charge in [0.25, 0.3) is 0 Å². The van der Waals surface area contributed by atoms with Gasteiger partial charge in [-0.3, -0.25) is 4.79 Å². The van der Waals surface area contributed by atoms with Gasteiger partial charge in [0.1, 0.15) is 6.04 Å². The van der Waals surface area contributed by atoms with Crippen molar-refractivity contribution < 1.29 is 33.7 Å². The monoisotopic (exact) mass is 306 g/mol. The average molecular weight is 306 g/mol. The average Bonchev–Trinajstić information content (AvgIpc) is 2.46. The molecule has 0 rings (SSSR count). The summed E-state index contributed by atoms with van der Waals surface area (Å²) in [6.45, 7) is 1.40. The molecular weight excluding hydrogens is 284 g/mol. The van der Waals surface area contributed by atoms with Crippen molar-refractivity contribution in [1.29, 1.82) is 0 Å². The Morgan fingerprint density at radius 2 is 1.86 bits per heavy atom. The van der Waals surface area contributed by atoms with Crippen molar-refractivity contribution >= 4 is 18.0 Å². The molecule has 0 aromatic carbocycles. The van der Waals surface area contributed by atoms with Gasteiger partial charge in [0, 0.05) is 20.1 Å². The van der Waals surface area contributed by atoms with Crippen LogP contribution in [0.5, 0.6) is 0 Å². The van der Waals surface area contributed by atoms with Crippen LogP contribution in [-0.4, -0.2) is 69.7 Å². The first-order valence-electron chi connectivity index (χ1n) is 6.42. The number of carbonyl (C=O) groups excluding carboxylic acids is 2. The van der Waals surface area contributed by atoms with Crippen LogP contribution in [0.25, 0.3) is 0 Å². The molecule has 122 valence electrons. The van der Waals surface area contributed by atoms with E-state index in [9.17, 15) is 14.4 Å². The molecule has 0 aliphatic carbocycles. The molecule has 9 heteroatoms. The normalized spacial score (nSPS) is 11.5. The molecule has 9 nitrogen and oxygen atoms in total. The van der Waals surface area contributed by atoms with Gasteiger partial charge in [-0.1, -0.05) is 0 Å². The molecule has 0 aromatic rings. The second-order valence-corrected chi connectivity index (χ2v) is 4.01. The molecule has 0 saturated heterocycles. The standard InChI is InChI=1S/C12H22N2O7/c1-19-7-8-21-6-5-13-12(18)14-9(11(16)17)3-4-10(15)20-2/h9H,3-8H2,1-2H3,(H,16,17)(H2,13,14,18)/t9-/m1/s1. The highest BCUT2D eigenvalue weighted by Gasteiger charge is 2.20. The maximum absolute atomic E-state index is 11.5. The highest BCUT2D eigenvalue weighted by Crippen LogP contribution is 1.99. The lowest BCUT2D eigenvalue weighted by Crippen LogP contribution is -2.46. The van der Waals surface area contributed by atoms with Crippen molar-refractivity contribution in [1.82, 2.24) is 10.6 Å². The quantitative estimate of drug-likeness (QED) is 0.342. The molecule has 0 spiro atoms. The Morgan fingerprint density at radius 1 is 1.14 bits per heavy atom. The van der Waals surface area contributed by atoms with Gasteiger partial charge in [-0.05, 0) is 6.42 Å². The van der Waals surface area contributed by atoms with Crippen molar-refractivity contribution in [2.24, 2.45) is 0 Å². The zero-order valence-corrected chi connectivity index (χ0v) is 12.2. The van der Waals surface area contributed by atoms with E-state index >= 15 is 0 Å². The topological polar surface area (TPSA) is 123 Å². The summed E-state index contributed by atoms with van der Waals surface area (Å²) < 4.78 is 14.3. The van der Waals surface area contributed by atoms with E-state index in [2.05, 4.69) is 15.4 Å². The second-order valence-electron chi connectivity index (χ2n) is 4.01. The van der Waals surface area contributed by atoms with E-state index in [4.69, 9.17) is 14.6 Å². The van der Waals surface area contributed by atoms with Gasteiger partial charge >= 0.3 is 18.0 Å². The number of ether oxygens (including phenoxy) is 3. The van der Waals surface area contributed by atoms with E-state index in [1.54, 1.807) is 7.11 Å². The summed E-state index contributed by atoms with van der Waals surface area (Å²) in [6.07, 6.45) is -0.131. The van der Waals surface area contributed by atoms with Crippen molar-refractivity contribution in [2.45, 2.75) is 18.9 Å². The van der Waals surface area contributed by atoms with Crippen LogP contribution >= 0.6 is 0 Å². The summed E-state index contributed by atoms with van der Waals surface area (Å²) in [4.78, 5) is 33.4. The van der Waals surface area contributed by atoms with Gasteiger partial charge in [0.15, 0.2) is 0 Å². The molecule has 0 radical (unpaired) electrons. The summed E-state index contributed by atoms with van der Waals surface area (Å²) in [6, 6.07) is -1.79. The number of hydrogen-bond donors (Lipinski definition) is 3. The maximum Gasteiger partial charge on any atom is 0.326 e. The molecule has 0 saturated carbocycles. The summed E-state index contributed by atoms with van der Waals surface area (Å²) in [5, 5.41) is 13.7. The van der Waals surface area contributed by atoms with Gasteiger partial charge in [0.2, 0.25) is 0 Å². The van der Waals surface area contributed by atoms with E-state index in [1.807, 2.05) is 0 Å². The predicted molar refractivity (Wildman–Crippen MR) is 71.9 cm³/mol. The van der Waals surface area contributed by atoms with Crippen LogP contribution in [0.2, 0.25) is 0 Å². The lowest BCUT2D eigenvalue weighted by atomic mass is 10.1. The van der Waals surface area contributed by atoms with E-state index in [-0.39, 0.29) is 26.0 Å². The van der Waals surface area contributed by atoms with E-state index in [0.29, 0.717) is 13.2 Å². The van der Waals surface area contributed by atoms with Crippen LogP contribution in [0.15, 0.2) is 0 Å². The molecule has 2 amide bonds. The van der Waals surface area contributed by atoms with Crippen molar-refractivity contribution in [3.8, 4) is 0 Å². The third-order valence-electron chi connectivity index (χ3n) is 2.43. The molecule has 0 bridgehead atoms. The van der Waals surface area contributed by atoms with Crippen LogP contribution in [0.4, 0.5) is 4.79 Å². The van der Waals surface area contributed by atoms with Gasteiger partial charge < -0.3 is 30.0 Å². The van der Waals surface area contributed by atoms with Gasteiger partial charge in [-0.15, -0.1) is 0 Å². The molecule has 0 heterocycles. The maximum atomic E-state index is 11.5. The van der Waals surface area contributed by atoms with Gasteiger partial charge in [-0.2, -0.15) is 0 Å². The van der Waals surface area contributed by atoms with Crippen LogP contribution in [-0.2, 0) is 23.8 Å². The molecular formula is C12H22N2O7. The summed E-state index contributed by atoms with van der Waals surface area (Å²) in [7, 11) is 2.76. The highest BCUT2D eigenvalue weighted by atomic mass is 16.5. The number of amides is 2. The van der Waals surface area contributed by atoms with Crippen LogP contribution in [0, 0.1) is 0 Å². The van der Waals surface area contributed by atoms with Crippen molar-refractivity contribution in [3.63, 3.8) is 0 Å². The fourth-order valence-electron chi connectivity index (χ4n) is 1.31. The molecule has 0 aliphatic rings. The number of aliphatic carboxylic acids is 1. The number of esters is 1. The number of rotatable bonds is 11. The molecule has 3 N–H and O–H groups in total. The van der Waals surface area contributed by atoms with Crippen LogP contribution in [0.3, 0.4) is 0 Å². The molecule has 0 aromatic heterocycles. The first-order chi connectivity index (χ1) is 10.0. The Kier molecular flexibility index (Phi) is 10.9. The molecule has 0 fully saturated rings. The largest absolute Gasteiger partial charge is 0.480 e. The van der Waals surface area contributed by atoms with Crippen LogP contribution < -0.4 is 10.6 Å². The number of carboxylic acids is 1. The number of carboxylic acid groups (broad SMARTS) is 1. The zero-order chi connectivity index (χ0) is 16.1. The third kappa shape index (κ3) is 10.6. The Labute approximate surface area is 122 Å². The van der Waals surface area contributed by atoms with E-state index in [1.165, 1.54) is 7.11 Å². The number of nitrogens with one attached hydrogen (secondary N) is 2. The summed E-state index contributed by atoms with van der Waals surface area (Å²) in [5.41, 5.74) is 0. The highest BCUT2D eigenvalue weighted by molar-refractivity contribution is 5.83. The predicted octanol–water partition coefficient (Wildman–Crippen LogP) is -0.645. The third-order valence-corrected chi connectivity index (χ3v) is 2.43. The molecule has 21 heavy (non-hydrogen) atoms. The minimum Gasteiger partial charge on any atom is -0.480 e. The SMILES string of the molecule is COCCOCCNC(=O)N[C@H](CCC(=O)OC)C(=O)O. The van der Waals surface area contributed by atoms with E-state index < -0.39 is 24.0 Å². The Bertz CT molecular complexity index is 336. The summed E-state index contributed by atoms with van der Waals surface area (Å²) in [5.74, 6) is -1.75. The van der Waals surface area contributed by atoms with Gasteiger partial charge in [0.05, 0.1) is 26.9 Å². The molecule has 0 aliphatic heterocycles. The number of urea groups is 1. The Morgan fingerprint density at radius 3 is 2.43 bits per heavy atom. The first kappa shape index (κ1) is 19.1. The summed E-state index contributed by atoms with van der Waals surface area (Å²) >= 11 is 0. The number of hydrogen-bond acceptors (Lipinski definition) is 6. The fourth-order valence-corrected chi connectivity index (χ4v) is 1.31. The van der Waals surface area contributed by atoms with Crippen molar-refractivity contribution in [2.75, 3.05) is 40.6 Å². The lowest BCUT2D eigenvalue weighted by molar-refractivity contribution is -0.142. The number of carbonyl (C=O) groups is 3. The number of methoxy groups -OCH3 is 2. The molecule has 0 unspecified atom stereocenters. The van der Waals surface area contributed by atoms with E-state index in [0.717, 1.165) is 0 Å². The van der Waals surface area contributed by atoms with Crippen molar-refractivity contribution in [3.05, 3.63) is 0 Å². The van der Waals surface area contributed by atoms with Gasteiger partial charge in [-0.25, -0.2) is 9.59 Å². The first-order valence-corrected chi connectivity index (χ1v) is 6.42. The Balaban J connectivity index is 3.90.